The Morgan fingerprint density at radius 2 is 1.81 bits per heavy atom. The number of imidazole rings is 1. The summed E-state index contributed by atoms with van der Waals surface area (Å²) in [4.78, 5) is 4.65. The molecule has 0 amide bonds. The number of benzene rings is 1. The smallest absolute Gasteiger partial charge is 0.137 e. The first-order chi connectivity index (χ1) is 10.1. The summed E-state index contributed by atoms with van der Waals surface area (Å²) in [5, 5.41) is 1.80. The van der Waals surface area contributed by atoms with Crippen LogP contribution in [-0.4, -0.2) is 15.9 Å². The van der Waals surface area contributed by atoms with Gasteiger partial charge in [-0.2, -0.15) is 0 Å². The van der Waals surface area contributed by atoms with E-state index in [1.807, 2.05) is 28.8 Å². The van der Waals surface area contributed by atoms with Crippen molar-refractivity contribution in [2.75, 3.05) is 6.54 Å². The molecule has 3 rings (SSSR count). The summed E-state index contributed by atoms with van der Waals surface area (Å²) in [5.41, 5.74) is 9.17. The van der Waals surface area contributed by atoms with E-state index in [1.165, 1.54) is 0 Å². The first kappa shape index (κ1) is 14.7. The van der Waals surface area contributed by atoms with Gasteiger partial charge in [-0.05, 0) is 36.9 Å². The first-order valence-electron chi connectivity index (χ1n) is 6.42. The molecule has 108 valence electrons. The number of rotatable bonds is 3. The van der Waals surface area contributed by atoms with E-state index < -0.39 is 0 Å². The van der Waals surface area contributed by atoms with Crippen LogP contribution in [0.4, 0.5) is 0 Å². The van der Waals surface area contributed by atoms with Crippen molar-refractivity contribution in [2.24, 2.45) is 5.73 Å². The van der Waals surface area contributed by atoms with E-state index >= 15 is 0 Å². The van der Waals surface area contributed by atoms with Crippen molar-refractivity contribution in [3.05, 3.63) is 57.3 Å². The predicted octanol–water partition coefficient (Wildman–Crippen LogP) is 4.46. The van der Waals surface area contributed by atoms with Crippen LogP contribution < -0.4 is 5.73 Å². The molecule has 0 atom stereocenters. The Kier molecular flexibility index (Phi) is 4.09. The lowest BCUT2D eigenvalue weighted by Crippen LogP contribution is -2.06. The fourth-order valence-electron chi connectivity index (χ4n) is 2.34. The molecule has 0 radical (unpaired) electrons. The van der Waals surface area contributed by atoms with Crippen LogP contribution in [0.3, 0.4) is 0 Å². The SMILES string of the molecule is NCCc1c(-c2ccc(Cl)cc2Cl)nc2ccc(Cl)cn12. The fraction of sp³-hybridized carbons (Fsp3) is 0.133. The second-order valence-electron chi connectivity index (χ2n) is 4.65. The highest BCUT2D eigenvalue weighted by Gasteiger charge is 2.16. The van der Waals surface area contributed by atoms with Gasteiger partial charge in [0.15, 0.2) is 0 Å². The molecule has 21 heavy (non-hydrogen) atoms. The zero-order valence-corrected chi connectivity index (χ0v) is 13.3. The third-order valence-corrected chi connectivity index (χ3v) is 4.02. The summed E-state index contributed by atoms with van der Waals surface area (Å²) < 4.78 is 1.95. The topological polar surface area (TPSA) is 43.3 Å². The van der Waals surface area contributed by atoms with Gasteiger partial charge in [-0.25, -0.2) is 4.98 Å². The van der Waals surface area contributed by atoms with E-state index in [2.05, 4.69) is 4.98 Å². The quantitative estimate of drug-likeness (QED) is 0.765. The molecule has 3 nitrogen and oxygen atoms in total. The van der Waals surface area contributed by atoms with Crippen LogP contribution in [0.1, 0.15) is 5.69 Å². The second-order valence-corrected chi connectivity index (χ2v) is 5.93. The molecule has 0 aliphatic heterocycles. The number of nitrogens with two attached hydrogens (primary N) is 1. The van der Waals surface area contributed by atoms with Crippen LogP contribution in [0, 0.1) is 0 Å². The monoisotopic (exact) mass is 339 g/mol. The summed E-state index contributed by atoms with van der Waals surface area (Å²) in [5.74, 6) is 0. The van der Waals surface area contributed by atoms with Crippen LogP contribution in [-0.2, 0) is 6.42 Å². The van der Waals surface area contributed by atoms with Crippen LogP contribution in [0.2, 0.25) is 15.1 Å². The third kappa shape index (κ3) is 2.74. The van der Waals surface area contributed by atoms with Crippen LogP contribution in [0.25, 0.3) is 16.9 Å². The first-order valence-corrected chi connectivity index (χ1v) is 7.55. The van der Waals surface area contributed by atoms with Crippen molar-refractivity contribution >= 4 is 40.4 Å². The molecule has 0 aliphatic rings. The minimum absolute atomic E-state index is 0.512. The highest BCUT2D eigenvalue weighted by atomic mass is 35.5. The maximum absolute atomic E-state index is 6.30. The molecule has 0 aliphatic carbocycles. The van der Waals surface area contributed by atoms with Crippen LogP contribution >= 0.6 is 34.8 Å². The zero-order valence-electron chi connectivity index (χ0n) is 11.0. The minimum Gasteiger partial charge on any atom is -0.330 e. The Morgan fingerprint density at radius 1 is 1.05 bits per heavy atom. The van der Waals surface area contributed by atoms with E-state index in [-0.39, 0.29) is 0 Å². The molecular weight excluding hydrogens is 329 g/mol. The van der Waals surface area contributed by atoms with Crippen molar-refractivity contribution in [3.63, 3.8) is 0 Å². The van der Waals surface area contributed by atoms with Gasteiger partial charge in [0.05, 0.1) is 21.4 Å². The average molecular weight is 341 g/mol. The number of aromatic nitrogens is 2. The Bertz CT molecular complexity index is 811. The van der Waals surface area contributed by atoms with Crippen molar-refractivity contribution in [1.29, 1.82) is 0 Å². The third-order valence-electron chi connectivity index (χ3n) is 3.25. The summed E-state index contributed by atoms with van der Waals surface area (Å²) in [7, 11) is 0. The van der Waals surface area contributed by atoms with Gasteiger partial charge in [-0.1, -0.05) is 34.8 Å². The van der Waals surface area contributed by atoms with Crippen molar-refractivity contribution < 1.29 is 0 Å². The largest absolute Gasteiger partial charge is 0.330 e. The van der Waals surface area contributed by atoms with Crippen molar-refractivity contribution in [1.82, 2.24) is 9.38 Å². The number of halogens is 3. The van der Waals surface area contributed by atoms with Gasteiger partial charge in [0.25, 0.3) is 0 Å². The summed E-state index contributed by atoms with van der Waals surface area (Å²) in [6, 6.07) is 9.06. The average Bonchev–Trinajstić information content (AvgIpc) is 2.78. The minimum atomic E-state index is 0.512. The lowest BCUT2D eigenvalue weighted by atomic mass is 10.1. The molecule has 2 heterocycles. The van der Waals surface area contributed by atoms with Gasteiger partial charge in [-0.15, -0.1) is 0 Å². The number of pyridine rings is 1. The van der Waals surface area contributed by atoms with E-state index in [0.29, 0.717) is 28.0 Å². The number of fused-ring (bicyclic) bond motifs is 1. The fourth-order valence-corrected chi connectivity index (χ4v) is 3.00. The van der Waals surface area contributed by atoms with Gasteiger partial charge in [-0.3, -0.25) is 0 Å². The number of nitrogens with zero attached hydrogens (tertiary/aromatic N) is 2. The Hall–Kier alpha value is -1.26. The standard InChI is InChI=1S/C15H12Cl3N3/c16-9-1-3-11(12(18)7-9)15-13(5-6-19)21-8-10(17)2-4-14(21)20-15/h1-4,7-8H,5-6,19H2. The molecule has 0 bridgehead atoms. The van der Waals surface area contributed by atoms with E-state index in [1.54, 1.807) is 12.1 Å². The molecule has 0 spiro atoms. The molecule has 0 fully saturated rings. The molecule has 0 saturated heterocycles. The van der Waals surface area contributed by atoms with Crippen LogP contribution in [0.15, 0.2) is 36.5 Å². The van der Waals surface area contributed by atoms with E-state index in [0.717, 1.165) is 22.6 Å². The van der Waals surface area contributed by atoms with E-state index in [4.69, 9.17) is 40.5 Å². The predicted molar refractivity (Wildman–Crippen MR) is 88.4 cm³/mol. The number of hydrogen-bond acceptors (Lipinski definition) is 2. The van der Waals surface area contributed by atoms with Crippen molar-refractivity contribution in [3.8, 4) is 11.3 Å². The van der Waals surface area contributed by atoms with E-state index in [9.17, 15) is 0 Å². The van der Waals surface area contributed by atoms with Gasteiger partial charge in [0, 0.05) is 23.2 Å². The van der Waals surface area contributed by atoms with Gasteiger partial charge in [0.2, 0.25) is 0 Å². The molecule has 6 heteroatoms. The summed E-state index contributed by atoms with van der Waals surface area (Å²) in [6.45, 7) is 0.512. The van der Waals surface area contributed by atoms with Gasteiger partial charge >= 0.3 is 0 Å². The maximum atomic E-state index is 6.30. The highest BCUT2D eigenvalue weighted by Crippen LogP contribution is 2.33. The lowest BCUT2D eigenvalue weighted by Gasteiger charge is -2.06. The molecule has 3 aromatic rings. The molecule has 2 N–H and O–H groups in total. The second kappa shape index (κ2) is 5.85. The number of hydrogen-bond donors (Lipinski definition) is 1. The molecule has 1 aromatic carbocycles. The molecule has 0 unspecified atom stereocenters. The van der Waals surface area contributed by atoms with Gasteiger partial charge < -0.3 is 10.1 Å². The molecule has 2 aromatic heterocycles. The maximum Gasteiger partial charge on any atom is 0.137 e. The Labute approximate surface area is 137 Å². The Morgan fingerprint density at radius 3 is 2.52 bits per heavy atom. The van der Waals surface area contributed by atoms with Crippen molar-refractivity contribution in [2.45, 2.75) is 6.42 Å². The van der Waals surface area contributed by atoms with Crippen LogP contribution in [0.5, 0.6) is 0 Å². The zero-order chi connectivity index (χ0) is 15.0. The lowest BCUT2D eigenvalue weighted by molar-refractivity contribution is 0.907. The normalized spacial score (nSPS) is 11.2. The summed E-state index contributed by atoms with van der Waals surface area (Å²) in [6.07, 6.45) is 2.51. The van der Waals surface area contributed by atoms with Gasteiger partial charge in [0.1, 0.15) is 5.65 Å². The Balaban J connectivity index is 2.28. The highest BCUT2D eigenvalue weighted by molar-refractivity contribution is 6.36. The summed E-state index contributed by atoms with van der Waals surface area (Å²) >= 11 is 18.3. The molecule has 0 saturated carbocycles. The molecular formula is C15H12Cl3N3.